The molecule has 0 fully saturated rings. The zero-order valence-electron chi connectivity index (χ0n) is 7.86. The molecule has 5 heteroatoms. The molecule has 0 aliphatic carbocycles. The van der Waals surface area contributed by atoms with Crippen LogP contribution >= 0.6 is 15.9 Å². The minimum Gasteiger partial charge on any atom is -0.300 e. The number of aromatic nitrogens is 2. The summed E-state index contributed by atoms with van der Waals surface area (Å²) < 4.78 is 1.94. The third-order valence-electron chi connectivity index (χ3n) is 1.79. The van der Waals surface area contributed by atoms with Crippen LogP contribution in [0.3, 0.4) is 0 Å². The number of carbonyl (C=O) groups excluding carboxylic acids is 1. The van der Waals surface area contributed by atoms with E-state index >= 15 is 0 Å². The van der Waals surface area contributed by atoms with Gasteiger partial charge in [0, 0.05) is 19.2 Å². The summed E-state index contributed by atoms with van der Waals surface area (Å²) in [4.78, 5) is 26.0. The fourth-order valence-electron chi connectivity index (χ4n) is 1.08. The zero-order chi connectivity index (χ0) is 10.6. The van der Waals surface area contributed by atoms with Gasteiger partial charge in [0.25, 0.3) is 5.56 Å². The van der Waals surface area contributed by atoms with Crippen LogP contribution < -0.4 is 5.56 Å². The first-order valence-corrected chi connectivity index (χ1v) is 5.10. The molecule has 0 unspecified atom stereocenters. The lowest BCUT2D eigenvalue weighted by atomic mass is 10.2. The van der Waals surface area contributed by atoms with Crippen molar-refractivity contribution in [2.45, 2.75) is 26.3 Å². The number of hydrogen-bond donors (Lipinski definition) is 0. The summed E-state index contributed by atoms with van der Waals surface area (Å²) in [6.07, 6.45) is 4.11. The van der Waals surface area contributed by atoms with Crippen LogP contribution in [-0.2, 0) is 11.3 Å². The summed E-state index contributed by atoms with van der Waals surface area (Å²) in [6.45, 7) is 2.08. The minimum absolute atomic E-state index is 0.108. The molecule has 0 saturated heterocycles. The first-order chi connectivity index (χ1) is 6.61. The van der Waals surface area contributed by atoms with Crippen molar-refractivity contribution in [2.75, 3.05) is 0 Å². The summed E-state index contributed by atoms with van der Waals surface area (Å²) >= 11 is 3.10. The third kappa shape index (κ3) is 3.06. The molecule has 14 heavy (non-hydrogen) atoms. The molecule has 0 N–H and O–H groups in total. The van der Waals surface area contributed by atoms with E-state index < -0.39 is 0 Å². The monoisotopic (exact) mass is 258 g/mol. The highest BCUT2D eigenvalue weighted by atomic mass is 79.9. The highest BCUT2D eigenvalue weighted by Gasteiger charge is 2.00. The van der Waals surface area contributed by atoms with Crippen LogP contribution in [0.25, 0.3) is 0 Å². The Morgan fingerprint density at radius 3 is 3.00 bits per heavy atom. The molecule has 0 atom stereocenters. The Labute approximate surface area is 90.1 Å². The van der Waals surface area contributed by atoms with E-state index in [1.165, 1.54) is 17.1 Å². The van der Waals surface area contributed by atoms with Crippen molar-refractivity contribution in [2.24, 2.45) is 0 Å². The van der Waals surface area contributed by atoms with Crippen LogP contribution in [-0.4, -0.2) is 15.3 Å². The number of aryl methyl sites for hydroxylation is 1. The number of nitrogens with zero attached hydrogens (tertiary/aromatic N) is 2. The molecule has 0 aliphatic rings. The van der Waals surface area contributed by atoms with E-state index in [1.807, 2.05) is 0 Å². The van der Waals surface area contributed by atoms with Crippen LogP contribution in [0.2, 0.25) is 0 Å². The molecule has 1 heterocycles. The second-order valence-corrected chi connectivity index (χ2v) is 3.90. The van der Waals surface area contributed by atoms with E-state index in [-0.39, 0.29) is 11.3 Å². The van der Waals surface area contributed by atoms with Gasteiger partial charge in [0.05, 0.1) is 6.33 Å². The van der Waals surface area contributed by atoms with E-state index in [9.17, 15) is 9.59 Å². The molecule has 0 amide bonds. The third-order valence-corrected chi connectivity index (χ3v) is 2.33. The molecular weight excluding hydrogens is 248 g/mol. The maximum absolute atomic E-state index is 11.4. The number of hydrogen-bond acceptors (Lipinski definition) is 3. The highest BCUT2D eigenvalue weighted by Crippen LogP contribution is 1.99. The molecule has 0 spiro atoms. The van der Waals surface area contributed by atoms with Crippen molar-refractivity contribution in [3.63, 3.8) is 0 Å². The Hall–Kier alpha value is -0.970. The fourth-order valence-corrected chi connectivity index (χ4v) is 1.43. The van der Waals surface area contributed by atoms with Crippen LogP contribution in [0.4, 0.5) is 0 Å². The number of carbonyl (C=O) groups is 1. The van der Waals surface area contributed by atoms with Crippen LogP contribution in [0, 0.1) is 0 Å². The van der Waals surface area contributed by atoms with Gasteiger partial charge >= 0.3 is 0 Å². The lowest BCUT2D eigenvalue weighted by Gasteiger charge is -2.03. The summed E-state index contributed by atoms with van der Waals surface area (Å²) in [6, 6.07) is 0. The maximum atomic E-state index is 11.4. The van der Waals surface area contributed by atoms with E-state index in [0.717, 1.165) is 0 Å². The van der Waals surface area contributed by atoms with Crippen molar-refractivity contribution in [3.8, 4) is 0 Å². The maximum Gasteiger partial charge on any atom is 0.267 e. The van der Waals surface area contributed by atoms with Crippen molar-refractivity contribution in [1.29, 1.82) is 0 Å². The minimum atomic E-state index is -0.108. The average Bonchev–Trinajstić information content (AvgIpc) is 2.12. The molecule has 1 aromatic heterocycles. The van der Waals surface area contributed by atoms with Gasteiger partial charge in [-0.05, 0) is 29.3 Å². The molecular formula is C9H11BrN2O2. The quantitative estimate of drug-likeness (QED) is 0.820. The van der Waals surface area contributed by atoms with Gasteiger partial charge < -0.3 is 4.79 Å². The van der Waals surface area contributed by atoms with Crippen molar-refractivity contribution >= 4 is 21.7 Å². The summed E-state index contributed by atoms with van der Waals surface area (Å²) in [5.41, 5.74) is -0.108. The Bertz CT molecular complexity index is 387. The second-order valence-electron chi connectivity index (χ2n) is 3.05. The van der Waals surface area contributed by atoms with Gasteiger partial charge in [0.2, 0.25) is 0 Å². The molecule has 0 aromatic carbocycles. The average molecular weight is 259 g/mol. The first kappa shape index (κ1) is 11.1. The van der Waals surface area contributed by atoms with Gasteiger partial charge in [-0.15, -0.1) is 0 Å². The molecule has 0 saturated carbocycles. The Balaban J connectivity index is 2.64. The molecule has 1 aromatic rings. The van der Waals surface area contributed by atoms with Crippen LogP contribution in [0.1, 0.15) is 19.8 Å². The summed E-state index contributed by atoms with van der Waals surface area (Å²) in [5, 5.41) is 0. The van der Waals surface area contributed by atoms with Gasteiger partial charge in [-0.3, -0.25) is 9.36 Å². The standard InChI is InChI=1S/C9H11BrN2O2/c1-7(13)3-2-4-12-6-11-5-8(10)9(12)14/h5-6H,2-4H2,1H3. The van der Waals surface area contributed by atoms with E-state index in [2.05, 4.69) is 20.9 Å². The van der Waals surface area contributed by atoms with Crippen molar-refractivity contribution in [3.05, 3.63) is 27.4 Å². The summed E-state index contributed by atoms with van der Waals surface area (Å²) in [7, 11) is 0. The SMILES string of the molecule is CC(=O)CCCn1cncc(Br)c1=O. The largest absolute Gasteiger partial charge is 0.300 e. The van der Waals surface area contributed by atoms with Crippen LogP contribution in [0.15, 0.2) is 21.8 Å². The number of ketones is 1. The molecule has 4 nitrogen and oxygen atoms in total. The van der Waals surface area contributed by atoms with E-state index in [4.69, 9.17) is 0 Å². The van der Waals surface area contributed by atoms with Gasteiger partial charge in [-0.25, -0.2) is 4.98 Å². The predicted molar refractivity (Wildman–Crippen MR) is 56.1 cm³/mol. The van der Waals surface area contributed by atoms with Gasteiger partial charge in [-0.2, -0.15) is 0 Å². The highest BCUT2D eigenvalue weighted by molar-refractivity contribution is 9.10. The molecule has 0 bridgehead atoms. The fraction of sp³-hybridized carbons (Fsp3) is 0.444. The Morgan fingerprint density at radius 1 is 1.64 bits per heavy atom. The predicted octanol–water partition coefficient (Wildman–Crippen LogP) is 1.37. The Morgan fingerprint density at radius 2 is 2.36 bits per heavy atom. The smallest absolute Gasteiger partial charge is 0.267 e. The van der Waals surface area contributed by atoms with Gasteiger partial charge in [0.15, 0.2) is 0 Å². The van der Waals surface area contributed by atoms with E-state index in [0.29, 0.717) is 23.9 Å². The normalized spacial score (nSPS) is 10.1. The van der Waals surface area contributed by atoms with Crippen LogP contribution in [0.5, 0.6) is 0 Å². The van der Waals surface area contributed by atoms with Gasteiger partial charge in [-0.1, -0.05) is 0 Å². The molecule has 0 radical (unpaired) electrons. The lowest BCUT2D eigenvalue weighted by Crippen LogP contribution is -2.20. The van der Waals surface area contributed by atoms with E-state index in [1.54, 1.807) is 6.92 Å². The topological polar surface area (TPSA) is 52.0 Å². The number of halogens is 1. The number of Topliss-reactive ketones (excluding diaryl/α,β-unsaturated/α-hetero) is 1. The number of rotatable bonds is 4. The summed E-state index contributed by atoms with van der Waals surface area (Å²) in [5.74, 6) is 0.140. The zero-order valence-corrected chi connectivity index (χ0v) is 9.45. The molecule has 76 valence electrons. The van der Waals surface area contributed by atoms with Crippen molar-refractivity contribution < 1.29 is 4.79 Å². The first-order valence-electron chi connectivity index (χ1n) is 4.30. The van der Waals surface area contributed by atoms with Gasteiger partial charge in [0.1, 0.15) is 10.3 Å². The van der Waals surface area contributed by atoms with Crippen molar-refractivity contribution in [1.82, 2.24) is 9.55 Å². The Kier molecular flexibility index (Phi) is 4.00. The molecule has 1 rings (SSSR count). The molecule has 0 aliphatic heterocycles. The lowest BCUT2D eigenvalue weighted by molar-refractivity contribution is -0.117. The second kappa shape index (κ2) is 5.05.